The number of carbonyl (C=O) groups excluding carboxylic acids is 1. The average molecular weight is 506 g/mol. The standard InChI is InChI=1S/C21H25ClN4O4.2ClH/c22-15-2-5-17(6-3-15)26-12-10-25(11-13-26)9-1-8-23-21(30)24-16-4-7-18(20(28)29)19(27)14-16;;/h2-7,14,27H,1,8-13H2,(H,28,29)(H2,23,24,30);2*1H. The van der Waals surface area contributed by atoms with E-state index in [1.165, 1.54) is 23.9 Å². The number of hydrogen-bond acceptors (Lipinski definition) is 5. The number of aromatic carboxylic acids is 1. The number of hydrogen-bond donors (Lipinski definition) is 4. The minimum atomic E-state index is -1.22. The molecule has 1 fully saturated rings. The molecular formula is C21H27Cl3N4O4. The van der Waals surface area contributed by atoms with Crippen molar-refractivity contribution in [2.45, 2.75) is 6.42 Å². The number of nitrogens with zero attached hydrogens (tertiary/aromatic N) is 2. The first-order chi connectivity index (χ1) is 14.4. The van der Waals surface area contributed by atoms with E-state index >= 15 is 0 Å². The third-order valence-electron chi connectivity index (χ3n) is 4.99. The lowest BCUT2D eigenvalue weighted by atomic mass is 10.2. The number of phenols is 1. The number of carboxylic acid groups (broad SMARTS) is 1. The van der Waals surface area contributed by atoms with Gasteiger partial charge in [-0.15, -0.1) is 24.8 Å². The summed E-state index contributed by atoms with van der Waals surface area (Å²) in [6, 6.07) is 11.4. The second-order valence-corrected chi connectivity index (χ2v) is 7.51. The van der Waals surface area contributed by atoms with Crippen molar-refractivity contribution in [3.8, 4) is 5.75 Å². The molecule has 0 aliphatic carbocycles. The van der Waals surface area contributed by atoms with Gasteiger partial charge in [0.1, 0.15) is 11.3 Å². The Labute approximate surface area is 204 Å². The summed E-state index contributed by atoms with van der Waals surface area (Å²) in [7, 11) is 0. The molecule has 4 N–H and O–H groups in total. The van der Waals surface area contributed by atoms with Crippen molar-refractivity contribution >= 4 is 59.8 Å². The quantitative estimate of drug-likeness (QED) is 0.425. The summed E-state index contributed by atoms with van der Waals surface area (Å²) < 4.78 is 0. The summed E-state index contributed by atoms with van der Waals surface area (Å²) in [5.74, 6) is -1.62. The van der Waals surface area contributed by atoms with Crippen molar-refractivity contribution in [2.75, 3.05) is 49.5 Å². The normalized spacial score (nSPS) is 13.5. The van der Waals surface area contributed by atoms with E-state index in [0.29, 0.717) is 12.2 Å². The molecule has 0 aromatic heterocycles. The van der Waals surface area contributed by atoms with E-state index < -0.39 is 17.7 Å². The van der Waals surface area contributed by atoms with Gasteiger partial charge in [-0.1, -0.05) is 11.6 Å². The monoisotopic (exact) mass is 504 g/mol. The Bertz CT molecular complexity index is 891. The SMILES string of the molecule is Cl.Cl.O=C(NCCCN1CCN(c2ccc(Cl)cc2)CC1)Nc1ccc(C(=O)O)c(O)c1. The Balaban J connectivity index is 0.00000256. The molecule has 0 bridgehead atoms. The van der Waals surface area contributed by atoms with Gasteiger partial charge in [0.05, 0.1) is 0 Å². The van der Waals surface area contributed by atoms with E-state index in [4.69, 9.17) is 16.7 Å². The van der Waals surface area contributed by atoms with Crippen LogP contribution in [0.5, 0.6) is 5.75 Å². The molecule has 3 rings (SSSR count). The lowest BCUT2D eigenvalue weighted by Crippen LogP contribution is -2.47. The van der Waals surface area contributed by atoms with Crippen molar-refractivity contribution in [1.82, 2.24) is 10.2 Å². The Morgan fingerprint density at radius 2 is 1.66 bits per heavy atom. The summed E-state index contributed by atoms with van der Waals surface area (Å²) in [6.45, 7) is 5.23. The van der Waals surface area contributed by atoms with E-state index in [9.17, 15) is 14.7 Å². The molecule has 2 aromatic rings. The second kappa shape index (κ2) is 13.2. The molecule has 0 saturated carbocycles. The van der Waals surface area contributed by atoms with Crippen LogP contribution >= 0.6 is 36.4 Å². The number of rotatable bonds is 7. The molecule has 0 radical (unpaired) electrons. The Hall–Kier alpha value is -2.39. The maximum absolute atomic E-state index is 12.0. The largest absolute Gasteiger partial charge is 0.507 e. The first kappa shape index (κ1) is 27.6. The number of benzene rings is 2. The van der Waals surface area contributed by atoms with Gasteiger partial charge < -0.3 is 25.7 Å². The molecule has 2 aromatic carbocycles. The minimum absolute atomic E-state index is 0. The molecule has 0 unspecified atom stereocenters. The topological polar surface area (TPSA) is 105 Å². The first-order valence-corrected chi connectivity index (χ1v) is 10.1. The van der Waals surface area contributed by atoms with Crippen molar-refractivity contribution in [1.29, 1.82) is 0 Å². The van der Waals surface area contributed by atoms with E-state index in [1.807, 2.05) is 24.3 Å². The smallest absolute Gasteiger partial charge is 0.339 e. The third-order valence-corrected chi connectivity index (χ3v) is 5.24. The molecule has 0 atom stereocenters. The molecule has 1 aliphatic heterocycles. The number of piperazine rings is 1. The van der Waals surface area contributed by atoms with Gasteiger partial charge in [0.2, 0.25) is 0 Å². The maximum atomic E-state index is 12.0. The van der Waals surface area contributed by atoms with Gasteiger partial charge in [-0.05, 0) is 49.4 Å². The molecule has 176 valence electrons. The molecule has 1 heterocycles. The Morgan fingerprint density at radius 3 is 2.25 bits per heavy atom. The summed E-state index contributed by atoms with van der Waals surface area (Å²) in [6.07, 6.45) is 0.817. The van der Waals surface area contributed by atoms with Crippen LogP contribution in [0.4, 0.5) is 16.2 Å². The number of aromatic hydroxyl groups is 1. The number of amides is 2. The second-order valence-electron chi connectivity index (χ2n) is 7.08. The van der Waals surface area contributed by atoms with E-state index in [2.05, 4.69) is 20.4 Å². The van der Waals surface area contributed by atoms with E-state index in [0.717, 1.165) is 44.2 Å². The van der Waals surface area contributed by atoms with Crippen molar-refractivity contribution in [3.63, 3.8) is 0 Å². The first-order valence-electron chi connectivity index (χ1n) is 9.76. The van der Waals surface area contributed by atoms with Gasteiger partial charge in [-0.3, -0.25) is 4.90 Å². The van der Waals surface area contributed by atoms with Gasteiger partial charge in [0, 0.05) is 55.2 Å². The van der Waals surface area contributed by atoms with Crippen LogP contribution in [0, 0.1) is 0 Å². The van der Waals surface area contributed by atoms with Crippen LogP contribution in [-0.2, 0) is 0 Å². The molecule has 0 spiro atoms. The molecule has 11 heteroatoms. The average Bonchev–Trinajstić information content (AvgIpc) is 2.72. The molecule has 2 amide bonds. The zero-order valence-corrected chi connectivity index (χ0v) is 19.7. The van der Waals surface area contributed by atoms with Crippen LogP contribution in [0.1, 0.15) is 16.8 Å². The van der Waals surface area contributed by atoms with Crippen LogP contribution in [0.3, 0.4) is 0 Å². The highest BCUT2D eigenvalue weighted by Crippen LogP contribution is 2.22. The van der Waals surface area contributed by atoms with E-state index in [-0.39, 0.29) is 30.4 Å². The molecule has 1 saturated heterocycles. The fraction of sp³-hybridized carbons (Fsp3) is 0.333. The Morgan fingerprint density at radius 1 is 1.00 bits per heavy atom. The summed E-state index contributed by atoms with van der Waals surface area (Å²) in [4.78, 5) is 27.6. The molecular weight excluding hydrogens is 479 g/mol. The van der Waals surface area contributed by atoms with Crippen LogP contribution in [0.15, 0.2) is 42.5 Å². The minimum Gasteiger partial charge on any atom is -0.507 e. The predicted molar refractivity (Wildman–Crippen MR) is 131 cm³/mol. The van der Waals surface area contributed by atoms with Crippen molar-refractivity contribution in [2.24, 2.45) is 0 Å². The van der Waals surface area contributed by atoms with Gasteiger partial charge in [0.25, 0.3) is 0 Å². The summed E-state index contributed by atoms with van der Waals surface area (Å²) in [5.41, 5.74) is 1.30. The molecule has 1 aliphatic rings. The van der Waals surface area contributed by atoms with Crippen LogP contribution in [-0.4, -0.2) is 66.4 Å². The highest BCUT2D eigenvalue weighted by molar-refractivity contribution is 6.30. The van der Waals surface area contributed by atoms with Gasteiger partial charge in [-0.25, -0.2) is 9.59 Å². The number of urea groups is 1. The fourth-order valence-electron chi connectivity index (χ4n) is 3.35. The third kappa shape index (κ3) is 7.94. The maximum Gasteiger partial charge on any atom is 0.339 e. The van der Waals surface area contributed by atoms with Crippen molar-refractivity contribution < 1.29 is 19.8 Å². The van der Waals surface area contributed by atoms with Crippen LogP contribution < -0.4 is 15.5 Å². The zero-order chi connectivity index (χ0) is 21.5. The van der Waals surface area contributed by atoms with Crippen LogP contribution in [0.2, 0.25) is 5.02 Å². The number of nitrogens with one attached hydrogen (secondary N) is 2. The summed E-state index contributed by atoms with van der Waals surface area (Å²) in [5, 5.41) is 24.7. The lowest BCUT2D eigenvalue weighted by Gasteiger charge is -2.36. The number of anilines is 2. The van der Waals surface area contributed by atoms with Gasteiger partial charge >= 0.3 is 12.0 Å². The summed E-state index contributed by atoms with van der Waals surface area (Å²) >= 11 is 5.94. The van der Waals surface area contributed by atoms with E-state index in [1.54, 1.807) is 0 Å². The van der Waals surface area contributed by atoms with Crippen LogP contribution in [0.25, 0.3) is 0 Å². The number of halogens is 3. The predicted octanol–water partition coefficient (Wildman–Crippen LogP) is 3.92. The molecule has 8 nitrogen and oxygen atoms in total. The number of carboxylic acids is 1. The number of carbonyl (C=O) groups is 2. The Kier molecular flexibility index (Phi) is 11.4. The zero-order valence-electron chi connectivity index (χ0n) is 17.3. The lowest BCUT2D eigenvalue weighted by molar-refractivity contribution is 0.0693. The fourth-order valence-corrected chi connectivity index (χ4v) is 3.48. The highest BCUT2D eigenvalue weighted by atomic mass is 35.5. The van der Waals surface area contributed by atoms with Gasteiger partial charge in [0.15, 0.2) is 0 Å². The highest BCUT2D eigenvalue weighted by Gasteiger charge is 2.17. The molecule has 32 heavy (non-hydrogen) atoms. The van der Waals surface area contributed by atoms with Crippen molar-refractivity contribution in [3.05, 3.63) is 53.1 Å². The van der Waals surface area contributed by atoms with Gasteiger partial charge in [-0.2, -0.15) is 0 Å².